The van der Waals surface area contributed by atoms with Crippen LogP contribution in [0.3, 0.4) is 0 Å². The molecular weight excluding hydrogens is 248 g/mol. The fraction of sp³-hybridized carbons (Fsp3) is 0.600. The SMILES string of the molecule is CC(C)CC[C@@H](N)c1csc([N+](=O)[O-])c1.Cl. The lowest BCUT2D eigenvalue weighted by molar-refractivity contribution is -0.380. The molecule has 0 aliphatic rings. The van der Waals surface area contributed by atoms with Crippen LogP contribution in [0.15, 0.2) is 11.4 Å². The Labute approximate surface area is 105 Å². The average Bonchev–Trinajstić information content (AvgIpc) is 2.62. The largest absolute Gasteiger partial charge is 0.324 e. The molecule has 0 saturated heterocycles. The minimum Gasteiger partial charge on any atom is -0.324 e. The molecule has 16 heavy (non-hydrogen) atoms. The molecule has 0 aliphatic carbocycles. The molecule has 2 N–H and O–H groups in total. The molecule has 0 aliphatic heterocycles. The van der Waals surface area contributed by atoms with Gasteiger partial charge in [-0.2, -0.15) is 0 Å². The standard InChI is InChI=1S/C10H16N2O2S.ClH/c1-7(2)3-4-9(11)8-5-10(12(13)14)15-6-8;/h5-7,9H,3-4,11H2,1-2H3;1H/t9-;/m1./s1. The molecule has 1 heterocycles. The third kappa shape index (κ3) is 4.47. The molecule has 0 spiro atoms. The van der Waals surface area contributed by atoms with Crippen LogP contribution in [-0.2, 0) is 0 Å². The summed E-state index contributed by atoms with van der Waals surface area (Å²) in [5.41, 5.74) is 6.82. The highest BCUT2D eigenvalue weighted by atomic mass is 35.5. The van der Waals surface area contributed by atoms with Gasteiger partial charge in [0, 0.05) is 17.5 Å². The average molecular weight is 265 g/mol. The maximum absolute atomic E-state index is 10.5. The second-order valence-corrected chi connectivity index (χ2v) is 4.94. The van der Waals surface area contributed by atoms with E-state index >= 15 is 0 Å². The summed E-state index contributed by atoms with van der Waals surface area (Å²) in [5.74, 6) is 0.615. The summed E-state index contributed by atoms with van der Waals surface area (Å²) in [4.78, 5) is 10.1. The number of hydrogen-bond donors (Lipinski definition) is 1. The van der Waals surface area contributed by atoms with Crippen LogP contribution >= 0.6 is 23.7 Å². The molecule has 1 aromatic rings. The highest BCUT2D eigenvalue weighted by Crippen LogP contribution is 2.28. The molecule has 1 rings (SSSR count). The maximum Gasteiger partial charge on any atom is 0.324 e. The number of rotatable bonds is 5. The zero-order chi connectivity index (χ0) is 11.4. The molecular formula is C10H17ClN2O2S. The van der Waals surface area contributed by atoms with Crippen LogP contribution in [0.4, 0.5) is 5.00 Å². The van der Waals surface area contributed by atoms with Crippen molar-refractivity contribution in [2.24, 2.45) is 11.7 Å². The van der Waals surface area contributed by atoms with E-state index in [2.05, 4.69) is 13.8 Å². The fourth-order valence-corrected chi connectivity index (χ4v) is 2.10. The summed E-state index contributed by atoms with van der Waals surface area (Å²) >= 11 is 1.14. The van der Waals surface area contributed by atoms with Crippen LogP contribution in [0.2, 0.25) is 0 Å². The topological polar surface area (TPSA) is 69.2 Å². The normalized spacial score (nSPS) is 12.2. The van der Waals surface area contributed by atoms with Crippen molar-refractivity contribution >= 4 is 28.7 Å². The number of nitrogens with zero attached hydrogens (tertiary/aromatic N) is 1. The predicted molar refractivity (Wildman–Crippen MR) is 69.2 cm³/mol. The van der Waals surface area contributed by atoms with Crippen LogP contribution in [0.5, 0.6) is 0 Å². The second-order valence-electron chi connectivity index (χ2n) is 4.05. The Morgan fingerprint density at radius 2 is 2.12 bits per heavy atom. The van der Waals surface area contributed by atoms with Gasteiger partial charge in [0.1, 0.15) is 0 Å². The zero-order valence-electron chi connectivity index (χ0n) is 9.38. The van der Waals surface area contributed by atoms with E-state index in [9.17, 15) is 10.1 Å². The lowest BCUT2D eigenvalue weighted by Gasteiger charge is -2.10. The van der Waals surface area contributed by atoms with Crippen molar-refractivity contribution in [2.45, 2.75) is 32.7 Å². The van der Waals surface area contributed by atoms with Gasteiger partial charge in [-0.3, -0.25) is 10.1 Å². The molecule has 0 saturated carbocycles. The van der Waals surface area contributed by atoms with Gasteiger partial charge in [0.15, 0.2) is 0 Å². The van der Waals surface area contributed by atoms with E-state index in [0.717, 1.165) is 29.7 Å². The van der Waals surface area contributed by atoms with Crippen molar-refractivity contribution in [3.05, 3.63) is 27.1 Å². The van der Waals surface area contributed by atoms with E-state index in [1.165, 1.54) is 0 Å². The molecule has 4 nitrogen and oxygen atoms in total. The molecule has 0 radical (unpaired) electrons. The van der Waals surface area contributed by atoms with Gasteiger partial charge >= 0.3 is 5.00 Å². The van der Waals surface area contributed by atoms with Crippen molar-refractivity contribution in [1.82, 2.24) is 0 Å². The number of nitrogens with two attached hydrogens (primary N) is 1. The van der Waals surface area contributed by atoms with Crippen LogP contribution in [0, 0.1) is 16.0 Å². The first kappa shape index (κ1) is 15.3. The second kappa shape index (κ2) is 6.83. The van der Waals surface area contributed by atoms with E-state index < -0.39 is 0 Å². The number of thiophene rings is 1. The van der Waals surface area contributed by atoms with E-state index in [0.29, 0.717) is 5.92 Å². The van der Waals surface area contributed by atoms with Crippen molar-refractivity contribution in [3.63, 3.8) is 0 Å². The van der Waals surface area contributed by atoms with Gasteiger partial charge in [0.05, 0.1) is 4.92 Å². The first-order valence-corrected chi connectivity index (χ1v) is 5.87. The van der Waals surface area contributed by atoms with Gasteiger partial charge < -0.3 is 5.73 Å². The monoisotopic (exact) mass is 264 g/mol. The molecule has 0 aromatic carbocycles. The Morgan fingerprint density at radius 3 is 2.56 bits per heavy atom. The van der Waals surface area contributed by atoms with Gasteiger partial charge in [0.25, 0.3) is 0 Å². The third-order valence-corrected chi connectivity index (χ3v) is 3.17. The third-order valence-electron chi connectivity index (χ3n) is 2.27. The molecule has 0 bridgehead atoms. The van der Waals surface area contributed by atoms with Gasteiger partial charge in [-0.15, -0.1) is 12.4 Å². The molecule has 0 amide bonds. The molecule has 92 valence electrons. The first-order chi connectivity index (χ1) is 7.00. The van der Waals surface area contributed by atoms with Gasteiger partial charge in [-0.1, -0.05) is 25.2 Å². The van der Waals surface area contributed by atoms with Crippen molar-refractivity contribution in [3.8, 4) is 0 Å². The highest BCUT2D eigenvalue weighted by Gasteiger charge is 2.14. The minimum absolute atomic E-state index is 0. The number of hydrogen-bond acceptors (Lipinski definition) is 4. The lowest BCUT2D eigenvalue weighted by Crippen LogP contribution is -2.10. The van der Waals surface area contributed by atoms with Crippen LogP contribution in [0.1, 0.15) is 38.3 Å². The zero-order valence-corrected chi connectivity index (χ0v) is 11.0. The van der Waals surface area contributed by atoms with Gasteiger partial charge in [-0.25, -0.2) is 0 Å². The quantitative estimate of drug-likeness (QED) is 0.653. The van der Waals surface area contributed by atoms with E-state index in [1.807, 2.05) is 0 Å². The number of nitro groups is 1. The smallest absolute Gasteiger partial charge is 0.324 e. The van der Waals surface area contributed by atoms with Crippen molar-refractivity contribution in [1.29, 1.82) is 0 Å². The molecule has 6 heteroatoms. The van der Waals surface area contributed by atoms with Gasteiger partial charge in [0.2, 0.25) is 0 Å². The highest BCUT2D eigenvalue weighted by molar-refractivity contribution is 7.13. The molecule has 1 aromatic heterocycles. The Morgan fingerprint density at radius 1 is 1.50 bits per heavy atom. The number of halogens is 1. The molecule has 0 unspecified atom stereocenters. The summed E-state index contributed by atoms with van der Waals surface area (Å²) in [6.45, 7) is 4.28. The van der Waals surface area contributed by atoms with Crippen LogP contribution in [0.25, 0.3) is 0 Å². The maximum atomic E-state index is 10.5. The Hall–Kier alpha value is -0.650. The van der Waals surface area contributed by atoms with E-state index in [1.54, 1.807) is 11.4 Å². The van der Waals surface area contributed by atoms with Crippen molar-refractivity contribution < 1.29 is 4.92 Å². The molecule has 1 atom stereocenters. The minimum atomic E-state index is -0.372. The molecule has 0 fully saturated rings. The van der Waals surface area contributed by atoms with Gasteiger partial charge in [-0.05, 0) is 24.3 Å². The Balaban J connectivity index is 0.00000225. The first-order valence-electron chi connectivity index (χ1n) is 4.99. The van der Waals surface area contributed by atoms with Crippen LogP contribution in [-0.4, -0.2) is 4.92 Å². The fourth-order valence-electron chi connectivity index (χ4n) is 1.31. The summed E-state index contributed by atoms with van der Waals surface area (Å²) in [6.07, 6.45) is 1.93. The van der Waals surface area contributed by atoms with E-state index in [4.69, 9.17) is 5.73 Å². The van der Waals surface area contributed by atoms with Crippen molar-refractivity contribution in [2.75, 3.05) is 0 Å². The van der Waals surface area contributed by atoms with E-state index in [-0.39, 0.29) is 28.4 Å². The van der Waals surface area contributed by atoms with Crippen LogP contribution < -0.4 is 5.73 Å². The predicted octanol–water partition coefficient (Wildman–Crippen LogP) is 3.51. The Kier molecular flexibility index (Phi) is 6.55. The summed E-state index contributed by atoms with van der Waals surface area (Å²) in [7, 11) is 0. The Bertz CT molecular complexity index is 341. The summed E-state index contributed by atoms with van der Waals surface area (Å²) < 4.78 is 0. The summed E-state index contributed by atoms with van der Waals surface area (Å²) in [5, 5.41) is 12.4. The lowest BCUT2D eigenvalue weighted by atomic mass is 10.0. The summed E-state index contributed by atoms with van der Waals surface area (Å²) in [6, 6.07) is 1.51.